The molecular formula is C16H18ClNO. The van der Waals surface area contributed by atoms with Gasteiger partial charge in [0.25, 0.3) is 0 Å². The average molecular weight is 276 g/mol. The van der Waals surface area contributed by atoms with E-state index in [9.17, 15) is 0 Å². The molecular weight excluding hydrogens is 258 g/mol. The molecule has 2 rings (SSSR count). The Kier molecular flexibility index (Phi) is 4.46. The lowest BCUT2D eigenvalue weighted by Crippen LogP contribution is -2.18. The molecule has 0 radical (unpaired) electrons. The lowest BCUT2D eigenvalue weighted by Gasteiger charge is -2.14. The van der Waals surface area contributed by atoms with Crippen LogP contribution in [0.5, 0.6) is 11.5 Å². The molecule has 0 aliphatic carbocycles. The third-order valence-corrected chi connectivity index (χ3v) is 3.12. The van der Waals surface area contributed by atoms with Crippen LogP contribution in [0.15, 0.2) is 42.5 Å². The first-order valence-electron chi connectivity index (χ1n) is 6.34. The Bertz CT molecular complexity index is 566. The molecule has 0 heterocycles. The first-order valence-corrected chi connectivity index (χ1v) is 6.71. The van der Waals surface area contributed by atoms with Crippen LogP contribution in [0.1, 0.15) is 18.1 Å². The fraction of sp³-hybridized carbons (Fsp3) is 0.250. The normalized spacial score (nSPS) is 12.2. The van der Waals surface area contributed by atoms with Gasteiger partial charge >= 0.3 is 0 Å². The van der Waals surface area contributed by atoms with Gasteiger partial charge in [0.05, 0.1) is 0 Å². The van der Waals surface area contributed by atoms with Gasteiger partial charge in [-0.15, -0.1) is 0 Å². The van der Waals surface area contributed by atoms with E-state index in [1.54, 1.807) is 0 Å². The SMILES string of the molecule is Cc1ccccc1Oc1cc(Cl)ccc1CC(C)N. The largest absolute Gasteiger partial charge is 0.457 e. The van der Waals surface area contributed by atoms with Crippen LogP contribution in [0.25, 0.3) is 0 Å². The molecule has 0 aliphatic heterocycles. The predicted octanol–water partition coefficient (Wildman–Crippen LogP) is 4.33. The van der Waals surface area contributed by atoms with E-state index in [2.05, 4.69) is 0 Å². The van der Waals surface area contributed by atoms with Gasteiger partial charge < -0.3 is 10.5 Å². The van der Waals surface area contributed by atoms with Gasteiger partial charge in [0.2, 0.25) is 0 Å². The molecule has 3 heteroatoms. The minimum absolute atomic E-state index is 0.0837. The summed E-state index contributed by atoms with van der Waals surface area (Å²) in [5.41, 5.74) is 8.03. The molecule has 2 nitrogen and oxygen atoms in total. The second kappa shape index (κ2) is 6.09. The zero-order valence-corrected chi connectivity index (χ0v) is 11.9. The molecule has 2 aromatic carbocycles. The monoisotopic (exact) mass is 275 g/mol. The van der Waals surface area contributed by atoms with Crippen molar-refractivity contribution in [2.24, 2.45) is 5.73 Å². The molecule has 0 spiro atoms. The van der Waals surface area contributed by atoms with Crippen molar-refractivity contribution in [3.63, 3.8) is 0 Å². The fourth-order valence-corrected chi connectivity index (χ4v) is 2.09. The lowest BCUT2D eigenvalue weighted by atomic mass is 10.1. The number of aryl methyl sites for hydroxylation is 1. The van der Waals surface area contributed by atoms with Crippen LogP contribution in [0.2, 0.25) is 5.02 Å². The van der Waals surface area contributed by atoms with Crippen LogP contribution in [0.4, 0.5) is 0 Å². The van der Waals surface area contributed by atoms with Gasteiger partial charge in [0.15, 0.2) is 0 Å². The van der Waals surface area contributed by atoms with E-state index in [4.69, 9.17) is 22.1 Å². The Balaban J connectivity index is 2.33. The number of rotatable bonds is 4. The van der Waals surface area contributed by atoms with Crippen molar-refractivity contribution in [3.05, 3.63) is 58.6 Å². The summed E-state index contributed by atoms with van der Waals surface area (Å²) in [6.45, 7) is 4.00. The second-order valence-electron chi connectivity index (χ2n) is 4.80. The molecule has 0 saturated carbocycles. The van der Waals surface area contributed by atoms with E-state index >= 15 is 0 Å². The maximum atomic E-state index is 6.05. The molecule has 0 saturated heterocycles. The highest BCUT2D eigenvalue weighted by atomic mass is 35.5. The van der Waals surface area contributed by atoms with Crippen LogP contribution in [-0.4, -0.2) is 6.04 Å². The Morgan fingerprint density at radius 1 is 1.16 bits per heavy atom. The van der Waals surface area contributed by atoms with Crippen LogP contribution >= 0.6 is 11.6 Å². The van der Waals surface area contributed by atoms with E-state index in [0.717, 1.165) is 29.0 Å². The van der Waals surface area contributed by atoms with E-state index in [-0.39, 0.29) is 6.04 Å². The van der Waals surface area contributed by atoms with Crippen LogP contribution < -0.4 is 10.5 Å². The Labute approximate surface area is 119 Å². The molecule has 19 heavy (non-hydrogen) atoms. The molecule has 2 N–H and O–H groups in total. The van der Waals surface area contributed by atoms with Gasteiger partial charge in [-0.1, -0.05) is 35.9 Å². The van der Waals surface area contributed by atoms with Crippen molar-refractivity contribution in [1.82, 2.24) is 0 Å². The zero-order valence-electron chi connectivity index (χ0n) is 11.2. The summed E-state index contributed by atoms with van der Waals surface area (Å²) in [5, 5.41) is 0.664. The van der Waals surface area contributed by atoms with Gasteiger partial charge in [-0.05, 0) is 49.6 Å². The summed E-state index contributed by atoms with van der Waals surface area (Å²) in [7, 11) is 0. The average Bonchev–Trinajstić information content (AvgIpc) is 2.35. The van der Waals surface area contributed by atoms with Crippen LogP contribution in [-0.2, 0) is 6.42 Å². The number of benzene rings is 2. The maximum absolute atomic E-state index is 6.05. The zero-order chi connectivity index (χ0) is 13.8. The van der Waals surface area contributed by atoms with Crippen molar-refractivity contribution in [1.29, 1.82) is 0 Å². The lowest BCUT2D eigenvalue weighted by molar-refractivity contribution is 0.470. The van der Waals surface area contributed by atoms with Crippen molar-refractivity contribution in [3.8, 4) is 11.5 Å². The molecule has 0 aromatic heterocycles. The van der Waals surface area contributed by atoms with Gasteiger partial charge in [0.1, 0.15) is 11.5 Å². The predicted molar refractivity (Wildman–Crippen MR) is 80.1 cm³/mol. The highest BCUT2D eigenvalue weighted by Crippen LogP contribution is 2.30. The highest BCUT2D eigenvalue weighted by Gasteiger charge is 2.09. The molecule has 2 aromatic rings. The Morgan fingerprint density at radius 2 is 1.89 bits per heavy atom. The summed E-state index contributed by atoms with van der Waals surface area (Å²) in [5.74, 6) is 1.62. The second-order valence-corrected chi connectivity index (χ2v) is 5.24. The molecule has 0 aliphatic rings. The first-order chi connectivity index (χ1) is 9.06. The minimum atomic E-state index is 0.0837. The Hall–Kier alpha value is -1.51. The molecule has 1 atom stereocenters. The van der Waals surface area contributed by atoms with Gasteiger partial charge in [0, 0.05) is 11.1 Å². The van der Waals surface area contributed by atoms with Gasteiger partial charge in [-0.3, -0.25) is 0 Å². The number of halogens is 1. The molecule has 0 bridgehead atoms. The Morgan fingerprint density at radius 3 is 2.58 bits per heavy atom. The standard InChI is InChI=1S/C16H18ClNO/c1-11-5-3-4-6-15(11)19-16-10-14(17)8-7-13(16)9-12(2)18/h3-8,10,12H,9,18H2,1-2H3. The van der Waals surface area contributed by atoms with Crippen molar-refractivity contribution >= 4 is 11.6 Å². The highest BCUT2D eigenvalue weighted by molar-refractivity contribution is 6.30. The van der Waals surface area contributed by atoms with E-state index in [1.165, 1.54) is 0 Å². The third kappa shape index (κ3) is 3.72. The quantitative estimate of drug-likeness (QED) is 0.901. The summed E-state index contributed by atoms with van der Waals surface area (Å²) in [6.07, 6.45) is 0.762. The molecule has 100 valence electrons. The van der Waals surface area contributed by atoms with Crippen molar-refractivity contribution in [2.75, 3.05) is 0 Å². The minimum Gasteiger partial charge on any atom is -0.457 e. The molecule has 0 amide bonds. The van der Waals surface area contributed by atoms with Gasteiger partial charge in [-0.2, -0.15) is 0 Å². The molecule has 0 fully saturated rings. The first kappa shape index (κ1) is 13.9. The summed E-state index contributed by atoms with van der Waals surface area (Å²) in [6, 6.07) is 13.7. The topological polar surface area (TPSA) is 35.2 Å². The van der Waals surface area contributed by atoms with E-state index in [1.807, 2.05) is 56.3 Å². The van der Waals surface area contributed by atoms with Crippen molar-refractivity contribution in [2.45, 2.75) is 26.3 Å². The number of ether oxygens (including phenoxy) is 1. The van der Waals surface area contributed by atoms with E-state index < -0.39 is 0 Å². The number of hydrogen-bond acceptors (Lipinski definition) is 2. The number of hydrogen-bond donors (Lipinski definition) is 1. The van der Waals surface area contributed by atoms with Crippen molar-refractivity contribution < 1.29 is 4.74 Å². The fourth-order valence-electron chi connectivity index (χ4n) is 1.93. The van der Waals surface area contributed by atoms with Crippen LogP contribution in [0, 0.1) is 6.92 Å². The molecule has 1 unspecified atom stereocenters. The number of nitrogens with two attached hydrogens (primary N) is 1. The summed E-state index contributed by atoms with van der Waals surface area (Å²) < 4.78 is 5.98. The maximum Gasteiger partial charge on any atom is 0.132 e. The van der Waals surface area contributed by atoms with Crippen LogP contribution in [0.3, 0.4) is 0 Å². The number of para-hydroxylation sites is 1. The third-order valence-electron chi connectivity index (χ3n) is 2.88. The summed E-state index contributed by atoms with van der Waals surface area (Å²) >= 11 is 6.05. The van der Waals surface area contributed by atoms with Gasteiger partial charge in [-0.25, -0.2) is 0 Å². The van der Waals surface area contributed by atoms with E-state index in [0.29, 0.717) is 5.02 Å². The smallest absolute Gasteiger partial charge is 0.132 e. The summed E-state index contributed by atoms with van der Waals surface area (Å²) in [4.78, 5) is 0.